The van der Waals surface area contributed by atoms with Gasteiger partial charge < -0.3 is 16.0 Å². The summed E-state index contributed by atoms with van der Waals surface area (Å²) in [6.45, 7) is 1.02. The molecule has 1 unspecified atom stereocenters. The van der Waals surface area contributed by atoms with Crippen LogP contribution in [0.25, 0.3) is 0 Å². The molecule has 3 N–H and O–H groups in total. The van der Waals surface area contributed by atoms with Crippen LogP contribution in [0.2, 0.25) is 5.02 Å². The van der Waals surface area contributed by atoms with Crippen LogP contribution in [-0.4, -0.2) is 36.0 Å². The number of amides is 3. The molecule has 1 fully saturated rings. The molecule has 1 aromatic rings. The summed E-state index contributed by atoms with van der Waals surface area (Å²) in [4.78, 5) is 24.5. The number of rotatable bonds is 2. The summed E-state index contributed by atoms with van der Waals surface area (Å²) < 4.78 is 0.742. The lowest BCUT2D eigenvalue weighted by Gasteiger charge is -2.14. The fourth-order valence-corrected chi connectivity index (χ4v) is 2.41. The van der Waals surface area contributed by atoms with Gasteiger partial charge in [0.1, 0.15) is 0 Å². The molecular formula is C12H13BrClN3O2. The molecule has 1 aliphatic heterocycles. The van der Waals surface area contributed by atoms with Gasteiger partial charge in [-0.15, -0.1) is 0 Å². The lowest BCUT2D eigenvalue weighted by molar-refractivity contribution is 0.0938. The normalized spacial score (nSPS) is 18.4. The van der Waals surface area contributed by atoms with Crippen molar-refractivity contribution in [1.82, 2.24) is 10.2 Å². The van der Waals surface area contributed by atoms with Crippen LogP contribution < -0.4 is 11.1 Å². The number of benzene rings is 1. The van der Waals surface area contributed by atoms with E-state index in [0.717, 1.165) is 4.47 Å². The van der Waals surface area contributed by atoms with Crippen LogP contribution in [0.4, 0.5) is 4.79 Å². The lowest BCUT2D eigenvalue weighted by Crippen LogP contribution is -2.40. The Hall–Kier alpha value is -1.27. The van der Waals surface area contributed by atoms with E-state index in [4.69, 9.17) is 17.3 Å². The molecule has 0 aromatic heterocycles. The summed E-state index contributed by atoms with van der Waals surface area (Å²) in [7, 11) is 0. The number of carbonyl (C=O) groups is 2. The smallest absolute Gasteiger partial charge is 0.314 e. The van der Waals surface area contributed by atoms with Crippen LogP contribution in [-0.2, 0) is 0 Å². The summed E-state index contributed by atoms with van der Waals surface area (Å²) in [5, 5.41) is 3.35. The third-order valence-corrected chi connectivity index (χ3v) is 4.25. The summed E-state index contributed by atoms with van der Waals surface area (Å²) in [5.41, 5.74) is 5.68. The van der Waals surface area contributed by atoms with E-state index in [9.17, 15) is 9.59 Å². The number of carbonyl (C=O) groups excluding carboxylic acids is 2. The molecule has 1 saturated heterocycles. The minimum Gasteiger partial charge on any atom is -0.351 e. The SMILES string of the molecule is NC(=O)N1CCC(NC(=O)c2ccc(Br)c(Cl)c2)C1. The lowest BCUT2D eigenvalue weighted by atomic mass is 10.2. The van der Waals surface area contributed by atoms with Crippen molar-refractivity contribution in [2.24, 2.45) is 5.73 Å². The van der Waals surface area contributed by atoms with Gasteiger partial charge in [-0.3, -0.25) is 4.79 Å². The number of nitrogens with one attached hydrogen (secondary N) is 1. The number of nitrogens with two attached hydrogens (primary N) is 1. The number of likely N-dealkylation sites (tertiary alicyclic amines) is 1. The Morgan fingerprint density at radius 1 is 1.47 bits per heavy atom. The Balaban J connectivity index is 1.98. The minimum absolute atomic E-state index is 0.0672. The highest BCUT2D eigenvalue weighted by molar-refractivity contribution is 9.10. The fraction of sp³-hybridized carbons (Fsp3) is 0.333. The van der Waals surface area contributed by atoms with Crippen molar-refractivity contribution < 1.29 is 9.59 Å². The van der Waals surface area contributed by atoms with Crippen molar-refractivity contribution in [2.45, 2.75) is 12.5 Å². The van der Waals surface area contributed by atoms with Gasteiger partial charge in [0.05, 0.1) is 5.02 Å². The number of hydrogen-bond donors (Lipinski definition) is 2. The summed E-state index contributed by atoms with van der Waals surface area (Å²) in [6.07, 6.45) is 0.707. The van der Waals surface area contributed by atoms with E-state index in [2.05, 4.69) is 21.2 Å². The molecule has 0 aliphatic carbocycles. The zero-order valence-corrected chi connectivity index (χ0v) is 12.4. The van der Waals surface area contributed by atoms with E-state index in [1.54, 1.807) is 18.2 Å². The topological polar surface area (TPSA) is 75.4 Å². The highest BCUT2D eigenvalue weighted by Crippen LogP contribution is 2.23. The first-order valence-corrected chi connectivity index (χ1v) is 6.95. The first-order chi connectivity index (χ1) is 8.97. The number of halogens is 2. The molecule has 1 aliphatic rings. The highest BCUT2D eigenvalue weighted by atomic mass is 79.9. The maximum atomic E-state index is 12.0. The second-order valence-corrected chi connectivity index (χ2v) is 5.63. The van der Waals surface area contributed by atoms with Crippen molar-refractivity contribution in [3.05, 3.63) is 33.3 Å². The van der Waals surface area contributed by atoms with Crippen molar-refractivity contribution in [2.75, 3.05) is 13.1 Å². The molecule has 1 atom stereocenters. The fourth-order valence-electron chi connectivity index (χ4n) is 1.98. The van der Waals surface area contributed by atoms with Crippen LogP contribution in [0.1, 0.15) is 16.8 Å². The molecule has 0 bridgehead atoms. The molecule has 0 spiro atoms. The third kappa shape index (κ3) is 3.39. The molecule has 1 heterocycles. The predicted molar refractivity (Wildman–Crippen MR) is 76.2 cm³/mol. The zero-order chi connectivity index (χ0) is 14.0. The number of hydrogen-bond acceptors (Lipinski definition) is 2. The maximum absolute atomic E-state index is 12.0. The zero-order valence-electron chi connectivity index (χ0n) is 10.0. The average Bonchev–Trinajstić information content (AvgIpc) is 2.81. The monoisotopic (exact) mass is 345 g/mol. The molecule has 2 rings (SSSR count). The van der Waals surface area contributed by atoms with Crippen molar-refractivity contribution in [3.63, 3.8) is 0 Å². The first-order valence-electron chi connectivity index (χ1n) is 5.77. The standard InChI is InChI=1S/C12H13BrClN3O2/c13-9-2-1-7(5-10(9)14)11(18)16-8-3-4-17(6-8)12(15)19/h1-2,5,8H,3-4,6H2,(H2,15,19)(H,16,18). The Morgan fingerprint density at radius 2 is 2.21 bits per heavy atom. The first kappa shape index (κ1) is 14.1. The quantitative estimate of drug-likeness (QED) is 0.859. The largest absolute Gasteiger partial charge is 0.351 e. The van der Waals surface area contributed by atoms with E-state index < -0.39 is 6.03 Å². The number of nitrogens with zero attached hydrogens (tertiary/aromatic N) is 1. The Bertz CT molecular complexity index is 524. The van der Waals surface area contributed by atoms with Crippen LogP contribution >= 0.6 is 27.5 Å². The average molecular weight is 347 g/mol. The van der Waals surface area contributed by atoms with Gasteiger partial charge in [-0.1, -0.05) is 11.6 Å². The Kier molecular flexibility index (Phi) is 4.31. The molecule has 7 heteroatoms. The molecule has 1 aromatic carbocycles. The van der Waals surface area contributed by atoms with Gasteiger partial charge in [0.2, 0.25) is 0 Å². The Morgan fingerprint density at radius 3 is 2.79 bits per heavy atom. The van der Waals surface area contributed by atoms with Gasteiger partial charge in [-0.25, -0.2) is 4.79 Å². The third-order valence-electron chi connectivity index (χ3n) is 3.02. The van der Waals surface area contributed by atoms with Crippen LogP contribution in [0.15, 0.2) is 22.7 Å². The van der Waals surface area contributed by atoms with E-state index in [1.807, 2.05) is 0 Å². The second kappa shape index (κ2) is 5.79. The molecule has 0 radical (unpaired) electrons. The van der Waals surface area contributed by atoms with E-state index in [1.165, 1.54) is 4.90 Å². The van der Waals surface area contributed by atoms with Crippen LogP contribution in [0.3, 0.4) is 0 Å². The molecule has 3 amide bonds. The van der Waals surface area contributed by atoms with E-state index >= 15 is 0 Å². The molecule has 5 nitrogen and oxygen atoms in total. The van der Waals surface area contributed by atoms with Crippen molar-refractivity contribution >= 4 is 39.5 Å². The van der Waals surface area contributed by atoms with Crippen molar-refractivity contribution in [3.8, 4) is 0 Å². The van der Waals surface area contributed by atoms with E-state index in [-0.39, 0.29) is 11.9 Å². The van der Waals surface area contributed by atoms with Crippen LogP contribution in [0, 0.1) is 0 Å². The summed E-state index contributed by atoms with van der Waals surface area (Å²) in [6, 6.07) is 4.49. The number of primary amides is 1. The Labute approximate surface area is 124 Å². The predicted octanol–water partition coefficient (Wildman–Crippen LogP) is 1.99. The van der Waals surface area contributed by atoms with Gasteiger partial charge in [0.25, 0.3) is 5.91 Å². The van der Waals surface area contributed by atoms with Crippen molar-refractivity contribution in [1.29, 1.82) is 0 Å². The second-order valence-electron chi connectivity index (χ2n) is 4.37. The van der Waals surface area contributed by atoms with Gasteiger partial charge in [-0.2, -0.15) is 0 Å². The summed E-state index contributed by atoms with van der Waals surface area (Å²) >= 11 is 9.21. The molecular weight excluding hydrogens is 334 g/mol. The van der Waals surface area contributed by atoms with E-state index in [0.29, 0.717) is 30.1 Å². The molecule has 0 saturated carbocycles. The summed E-state index contributed by atoms with van der Waals surface area (Å²) in [5.74, 6) is -0.203. The van der Waals surface area contributed by atoms with Gasteiger partial charge in [0, 0.05) is 29.2 Å². The highest BCUT2D eigenvalue weighted by Gasteiger charge is 2.26. The molecule has 102 valence electrons. The van der Waals surface area contributed by atoms with Gasteiger partial charge in [-0.05, 0) is 40.5 Å². The molecule has 19 heavy (non-hydrogen) atoms. The van der Waals surface area contributed by atoms with Gasteiger partial charge >= 0.3 is 6.03 Å². The van der Waals surface area contributed by atoms with Gasteiger partial charge in [0.15, 0.2) is 0 Å². The minimum atomic E-state index is -0.455. The maximum Gasteiger partial charge on any atom is 0.314 e. The van der Waals surface area contributed by atoms with Crippen LogP contribution in [0.5, 0.6) is 0 Å². The number of urea groups is 1.